The number of benzene rings is 1. The average Bonchev–Trinajstić information content (AvgIpc) is 2.51. The molecule has 0 aliphatic carbocycles. The molecule has 0 fully saturated rings. The van der Waals surface area contributed by atoms with Gasteiger partial charge in [-0.3, -0.25) is 14.4 Å². The minimum absolute atomic E-state index is 0.112. The maximum atomic E-state index is 13.0. The highest BCUT2D eigenvalue weighted by Crippen LogP contribution is 2.19. The Bertz CT molecular complexity index is 585. The number of nitrogens with one attached hydrogen (secondary N) is 2. The Morgan fingerprint density at radius 3 is 2.39 bits per heavy atom. The molecule has 0 saturated heterocycles. The summed E-state index contributed by atoms with van der Waals surface area (Å²) < 4.78 is 13.0. The highest BCUT2D eigenvalue weighted by molar-refractivity contribution is 5.96. The van der Waals surface area contributed by atoms with Gasteiger partial charge in [0.15, 0.2) is 0 Å². The van der Waals surface area contributed by atoms with Gasteiger partial charge in [0.25, 0.3) is 5.91 Å². The van der Waals surface area contributed by atoms with Gasteiger partial charge in [-0.15, -0.1) is 0 Å². The highest BCUT2D eigenvalue weighted by atomic mass is 19.1. The van der Waals surface area contributed by atoms with Crippen molar-refractivity contribution in [3.8, 4) is 0 Å². The van der Waals surface area contributed by atoms with Crippen molar-refractivity contribution in [1.29, 1.82) is 0 Å². The van der Waals surface area contributed by atoms with Crippen molar-refractivity contribution in [3.63, 3.8) is 0 Å². The van der Waals surface area contributed by atoms with Gasteiger partial charge in [-0.05, 0) is 31.0 Å². The Balaban J connectivity index is 2.61. The normalized spacial score (nSPS) is 10.9. The Labute approximate surface area is 134 Å². The Morgan fingerprint density at radius 1 is 1.22 bits per heavy atom. The number of hydrogen-bond donors (Lipinski definition) is 3. The summed E-state index contributed by atoms with van der Waals surface area (Å²) in [4.78, 5) is 34.7. The molecule has 126 valence electrons. The maximum Gasteiger partial charge on any atom is 0.305 e. The smallest absolute Gasteiger partial charge is 0.305 e. The summed E-state index contributed by atoms with van der Waals surface area (Å²) in [7, 11) is 0. The van der Waals surface area contributed by atoms with E-state index in [0.29, 0.717) is 12.8 Å². The summed E-state index contributed by atoms with van der Waals surface area (Å²) in [5.41, 5.74) is -0.729. The van der Waals surface area contributed by atoms with E-state index >= 15 is 0 Å². The number of aliphatic carboxylic acids is 1. The third kappa shape index (κ3) is 5.69. The molecule has 1 aromatic rings. The number of carbonyl (C=O) groups is 3. The molecule has 0 saturated carbocycles. The molecule has 1 rings (SSSR count). The molecule has 0 atom stereocenters. The largest absolute Gasteiger partial charge is 0.481 e. The van der Waals surface area contributed by atoms with Gasteiger partial charge in [-0.2, -0.15) is 0 Å². The lowest BCUT2D eigenvalue weighted by Crippen LogP contribution is -2.52. The molecule has 6 nitrogen and oxygen atoms in total. The first kappa shape index (κ1) is 18.6. The van der Waals surface area contributed by atoms with Crippen LogP contribution in [0.5, 0.6) is 0 Å². The van der Waals surface area contributed by atoms with E-state index in [-0.39, 0.29) is 18.5 Å². The van der Waals surface area contributed by atoms with Crippen LogP contribution >= 0.6 is 0 Å². The average molecular weight is 324 g/mol. The van der Waals surface area contributed by atoms with Gasteiger partial charge in [-0.25, -0.2) is 4.39 Å². The van der Waals surface area contributed by atoms with Crippen LogP contribution in [0.25, 0.3) is 0 Å². The van der Waals surface area contributed by atoms with Gasteiger partial charge in [-0.1, -0.05) is 19.9 Å². The first-order valence-corrected chi connectivity index (χ1v) is 7.38. The molecule has 23 heavy (non-hydrogen) atoms. The summed E-state index contributed by atoms with van der Waals surface area (Å²) in [6.45, 7) is 3.27. The molecule has 0 aromatic heterocycles. The minimum atomic E-state index is -1.00. The molecule has 0 radical (unpaired) electrons. The van der Waals surface area contributed by atoms with Crippen LogP contribution in [0.2, 0.25) is 0 Å². The van der Waals surface area contributed by atoms with E-state index in [2.05, 4.69) is 10.6 Å². The molecular weight excluding hydrogens is 303 g/mol. The van der Waals surface area contributed by atoms with Crippen LogP contribution in [0.1, 0.15) is 43.5 Å². The van der Waals surface area contributed by atoms with Crippen LogP contribution in [0.4, 0.5) is 4.39 Å². The van der Waals surface area contributed by atoms with Crippen molar-refractivity contribution < 1.29 is 23.9 Å². The molecule has 0 aliphatic rings. The zero-order valence-corrected chi connectivity index (χ0v) is 13.2. The third-order valence-electron chi connectivity index (χ3n) is 3.74. The number of hydrogen-bond acceptors (Lipinski definition) is 3. The topological polar surface area (TPSA) is 95.5 Å². The van der Waals surface area contributed by atoms with E-state index in [1.54, 1.807) is 13.8 Å². The SMILES string of the molecule is CCC(CC)(CC(=O)O)NC(=O)CNC(=O)c1cccc(F)c1. The van der Waals surface area contributed by atoms with Crippen LogP contribution in [-0.4, -0.2) is 35.0 Å². The van der Waals surface area contributed by atoms with Crippen molar-refractivity contribution in [1.82, 2.24) is 10.6 Å². The van der Waals surface area contributed by atoms with E-state index in [0.717, 1.165) is 6.07 Å². The van der Waals surface area contributed by atoms with Crippen LogP contribution in [0, 0.1) is 5.82 Å². The minimum Gasteiger partial charge on any atom is -0.481 e. The predicted octanol–water partition coefficient (Wildman–Crippen LogP) is 1.71. The number of carboxylic acids is 1. The summed E-state index contributed by atoms with van der Waals surface area (Å²) in [5.74, 6) is -2.60. The highest BCUT2D eigenvalue weighted by Gasteiger charge is 2.30. The van der Waals surface area contributed by atoms with Crippen LogP contribution in [-0.2, 0) is 9.59 Å². The van der Waals surface area contributed by atoms with Crippen LogP contribution < -0.4 is 10.6 Å². The molecule has 0 spiro atoms. The summed E-state index contributed by atoms with van der Waals surface area (Å²) >= 11 is 0. The van der Waals surface area contributed by atoms with Crippen molar-refractivity contribution in [3.05, 3.63) is 35.6 Å². The summed E-state index contributed by atoms with van der Waals surface area (Å²) in [5, 5.41) is 14.0. The van der Waals surface area contributed by atoms with E-state index in [1.807, 2.05) is 0 Å². The third-order valence-corrected chi connectivity index (χ3v) is 3.74. The fourth-order valence-electron chi connectivity index (χ4n) is 2.24. The van der Waals surface area contributed by atoms with Gasteiger partial charge >= 0.3 is 5.97 Å². The first-order chi connectivity index (χ1) is 10.8. The maximum absolute atomic E-state index is 13.0. The van der Waals surface area contributed by atoms with Crippen LogP contribution in [0.3, 0.4) is 0 Å². The second kappa shape index (κ2) is 8.26. The summed E-state index contributed by atoms with van der Waals surface area (Å²) in [6.07, 6.45) is 0.725. The first-order valence-electron chi connectivity index (χ1n) is 7.38. The lowest BCUT2D eigenvalue weighted by Gasteiger charge is -2.31. The molecule has 7 heteroatoms. The lowest BCUT2D eigenvalue weighted by molar-refractivity contribution is -0.139. The Kier molecular flexibility index (Phi) is 6.68. The van der Waals surface area contributed by atoms with Gasteiger partial charge in [0.1, 0.15) is 5.82 Å². The van der Waals surface area contributed by atoms with Crippen molar-refractivity contribution in [2.45, 2.75) is 38.6 Å². The van der Waals surface area contributed by atoms with Gasteiger partial charge in [0.05, 0.1) is 18.5 Å². The van der Waals surface area contributed by atoms with E-state index in [9.17, 15) is 18.8 Å². The van der Waals surface area contributed by atoms with Crippen molar-refractivity contribution in [2.75, 3.05) is 6.54 Å². The van der Waals surface area contributed by atoms with Crippen LogP contribution in [0.15, 0.2) is 24.3 Å². The second-order valence-electron chi connectivity index (χ2n) is 5.30. The quantitative estimate of drug-likeness (QED) is 0.678. The van der Waals surface area contributed by atoms with Gasteiger partial charge < -0.3 is 15.7 Å². The number of carbonyl (C=O) groups excluding carboxylic acids is 2. The monoisotopic (exact) mass is 324 g/mol. The molecular formula is C16H21FN2O4. The molecule has 1 aromatic carbocycles. The molecule has 0 heterocycles. The number of halogens is 1. The summed E-state index contributed by atoms with van der Waals surface area (Å²) in [6, 6.07) is 5.12. The second-order valence-corrected chi connectivity index (χ2v) is 5.30. The molecule has 3 N–H and O–H groups in total. The fourth-order valence-corrected chi connectivity index (χ4v) is 2.24. The van der Waals surface area contributed by atoms with E-state index < -0.39 is 29.1 Å². The van der Waals surface area contributed by atoms with E-state index in [4.69, 9.17) is 5.11 Å². The predicted molar refractivity (Wildman–Crippen MR) is 82.4 cm³/mol. The van der Waals surface area contributed by atoms with Crippen molar-refractivity contribution >= 4 is 17.8 Å². The van der Waals surface area contributed by atoms with Gasteiger partial charge in [0, 0.05) is 5.56 Å². The van der Waals surface area contributed by atoms with Crippen molar-refractivity contribution in [2.24, 2.45) is 0 Å². The zero-order chi connectivity index (χ0) is 17.5. The molecule has 0 unspecified atom stereocenters. The molecule has 2 amide bonds. The fraction of sp³-hybridized carbons (Fsp3) is 0.438. The van der Waals surface area contributed by atoms with E-state index in [1.165, 1.54) is 18.2 Å². The Hall–Kier alpha value is -2.44. The number of amides is 2. The molecule has 0 aliphatic heterocycles. The standard InChI is InChI=1S/C16H21FN2O4/c1-3-16(4-2,9-14(21)22)19-13(20)10-18-15(23)11-6-5-7-12(17)8-11/h5-8H,3-4,9-10H2,1-2H3,(H,18,23)(H,19,20)(H,21,22). The lowest BCUT2D eigenvalue weighted by atomic mass is 9.89. The molecule has 0 bridgehead atoms. The van der Waals surface area contributed by atoms with Gasteiger partial charge in [0.2, 0.25) is 5.91 Å². The number of rotatable bonds is 8. The Morgan fingerprint density at radius 2 is 1.87 bits per heavy atom. The zero-order valence-electron chi connectivity index (χ0n) is 13.2. The number of carboxylic acid groups (broad SMARTS) is 1.